The minimum Gasteiger partial charge on any atom is -0.339 e. The lowest BCUT2D eigenvalue weighted by Crippen LogP contribution is -2.37. The molecule has 0 spiro atoms. The van der Waals surface area contributed by atoms with Crippen molar-refractivity contribution in [2.45, 2.75) is 32.2 Å². The Morgan fingerprint density at radius 2 is 2.07 bits per heavy atom. The molecule has 0 saturated heterocycles. The second kappa shape index (κ2) is 7.75. The Kier molecular flexibility index (Phi) is 5.01. The molecule has 0 fully saturated rings. The quantitative estimate of drug-likeness (QED) is 0.670. The number of hydrogen-bond acceptors (Lipinski definition) is 6. The van der Waals surface area contributed by atoms with Crippen molar-refractivity contribution in [3.8, 4) is 11.4 Å². The summed E-state index contributed by atoms with van der Waals surface area (Å²) in [6.45, 7) is 1.20. The maximum atomic E-state index is 12.6. The standard InChI is InChI=1S/C20H21N5O3/c1-24-12-16-13-25(10-7-15(16)11-19(24)27)18(26)4-2-3-17-22-20(23-28-17)14-5-8-21-9-6-14/h5-6,8-9,11-12H,2-4,7,10,13H2,1H3. The van der Waals surface area contributed by atoms with Gasteiger partial charge >= 0.3 is 0 Å². The lowest BCUT2D eigenvalue weighted by Gasteiger charge is -2.29. The number of carbonyl (C=O) groups is 1. The fourth-order valence-electron chi connectivity index (χ4n) is 3.38. The molecule has 0 atom stereocenters. The maximum absolute atomic E-state index is 12.6. The van der Waals surface area contributed by atoms with Crippen LogP contribution in [0.25, 0.3) is 11.4 Å². The number of aromatic nitrogens is 4. The molecule has 8 nitrogen and oxygen atoms in total. The molecule has 0 aliphatic carbocycles. The van der Waals surface area contributed by atoms with Gasteiger partial charge in [-0.15, -0.1) is 0 Å². The molecule has 0 N–H and O–H groups in total. The number of fused-ring (bicyclic) bond motifs is 1. The topological polar surface area (TPSA) is 94.1 Å². The zero-order valence-corrected chi connectivity index (χ0v) is 15.7. The van der Waals surface area contributed by atoms with Crippen LogP contribution in [0.5, 0.6) is 0 Å². The van der Waals surface area contributed by atoms with Crippen LogP contribution in [0.4, 0.5) is 0 Å². The molecule has 0 saturated carbocycles. The summed E-state index contributed by atoms with van der Waals surface area (Å²) in [4.78, 5) is 34.5. The van der Waals surface area contributed by atoms with Gasteiger partial charge in [0.25, 0.3) is 5.56 Å². The average molecular weight is 379 g/mol. The molecule has 28 heavy (non-hydrogen) atoms. The highest BCUT2D eigenvalue weighted by Crippen LogP contribution is 2.19. The molecule has 144 valence electrons. The van der Waals surface area contributed by atoms with Crippen LogP contribution in [0.2, 0.25) is 0 Å². The predicted octanol–water partition coefficient (Wildman–Crippen LogP) is 1.74. The van der Waals surface area contributed by atoms with Crippen molar-refractivity contribution in [2.24, 2.45) is 7.05 Å². The minimum absolute atomic E-state index is 0.00998. The number of hydrogen-bond donors (Lipinski definition) is 0. The van der Waals surface area contributed by atoms with E-state index >= 15 is 0 Å². The summed E-state index contributed by atoms with van der Waals surface area (Å²) >= 11 is 0. The third kappa shape index (κ3) is 3.85. The largest absolute Gasteiger partial charge is 0.339 e. The van der Waals surface area contributed by atoms with Crippen LogP contribution in [0.15, 0.2) is 46.1 Å². The van der Waals surface area contributed by atoms with Crippen LogP contribution in [-0.4, -0.2) is 37.0 Å². The van der Waals surface area contributed by atoms with Gasteiger partial charge in [0.05, 0.1) is 0 Å². The normalized spacial score (nSPS) is 13.4. The van der Waals surface area contributed by atoms with Gasteiger partial charge < -0.3 is 14.0 Å². The highest BCUT2D eigenvalue weighted by atomic mass is 16.5. The van der Waals surface area contributed by atoms with Crippen molar-refractivity contribution < 1.29 is 9.32 Å². The van der Waals surface area contributed by atoms with E-state index in [0.717, 1.165) is 23.1 Å². The number of aryl methyl sites for hydroxylation is 2. The third-order valence-electron chi connectivity index (χ3n) is 4.96. The van der Waals surface area contributed by atoms with Gasteiger partial charge in [0.2, 0.25) is 17.6 Å². The van der Waals surface area contributed by atoms with E-state index < -0.39 is 0 Å². The Balaban J connectivity index is 1.31. The van der Waals surface area contributed by atoms with Crippen molar-refractivity contribution in [2.75, 3.05) is 6.54 Å². The molecule has 0 aromatic carbocycles. The second-order valence-corrected chi connectivity index (χ2v) is 6.94. The number of nitrogens with zero attached hydrogens (tertiary/aromatic N) is 5. The van der Waals surface area contributed by atoms with Gasteiger partial charge in [-0.3, -0.25) is 14.6 Å². The van der Waals surface area contributed by atoms with Gasteiger partial charge in [-0.2, -0.15) is 4.98 Å². The first-order chi connectivity index (χ1) is 13.6. The number of rotatable bonds is 5. The molecule has 0 bridgehead atoms. The molecular weight excluding hydrogens is 358 g/mol. The summed E-state index contributed by atoms with van der Waals surface area (Å²) in [6.07, 6.45) is 7.54. The Morgan fingerprint density at radius 3 is 2.89 bits per heavy atom. The van der Waals surface area contributed by atoms with Crippen LogP contribution in [0.1, 0.15) is 29.9 Å². The third-order valence-corrected chi connectivity index (χ3v) is 4.96. The summed E-state index contributed by atoms with van der Waals surface area (Å²) in [7, 11) is 1.73. The van der Waals surface area contributed by atoms with Gasteiger partial charge in [-0.05, 0) is 36.1 Å². The van der Waals surface area contributed by atoms with Gasteiger partial charge in [0, 0.05) is 63.2 Å². The van der Waals surface area contributed by atoms with E-state index in [1.54, 1.807) is 30.1 Å². The summed E-state index contributed by atoms with van der Waals surface area (Å²) in [6, 6.07) is 5.32. The molecule has 1 amide bonds. The predicted molar refractivity (Wildman–Crippen MR) is 101 cm³/mol. The van der Waals surface area contributed by atoms with Gasteiger partial charge in [-0.1, -0.05) is 5.16 Å². The van der Waals surface area contributed by atoms with Crippen LogP contribution >= 0.6 is 0 Å². The number of carbonyl (C=O) groups excluding carboxylic acids is 1. The molecule has 0 radical (unpaired) electrons. The summed E-state index contributed by atoms with van der Waals surface area (Å²) in [5.74, 6) is 1.16. The van der Waals surface area contributed by atoms with Crippen LogP contribution in [0.3, 0.4) is 0 Å². The highest BCUT2D eigenvalue weighted by molar-refractivity contribution is 5.76. The Labute approximate surface area is 161 Å². The summed E-state index contributed by atoms with van der Waals surface area (Å²) < 4.78 is 6.84. The Hall–Kier alpha value is -3.29. The lowest BCUT2D eigenvalue weighted by molar-refractivity contribution is -0.132. The number of amides is 1. The van der Waals surface area contributed by atoms with E-state index in [4.69, 9.17) is 4.52 Å². The van der Waals surface area contributed by atoms with Crippen LogP contribution in [-0.2, 0) is 31.2 Å². The SMILES string of the molecule is Cn1cc2c(cc1=O)CCN(C(=O)CCCc1nc(-c3ccncc3)no1)C2. The summed E-state index contributed by atoms with van der Waals surface area (Å²) in [5, 5.41) is 3.98. The first-order valence-corrected chi connectivity index (χ1v) is 9.29. The Morgan fingerprint density at radius 1 is 1.25 bits per heavy atom. The Bertz CT molecular complexity index is 1040. The van der Waals surface area contributed by atoms with E-state index in [1.807, 2.05) is 23.2 Å². The zero-order valence-electron chi connectivity index (χ0n) is 15.7. The van der Waals surface area contributed by atoms with Crippen LogP contribution < -0.4 is 5.56 Å². The van der Waals surface area contributed by atoms with E-state index in [0.29, 0.717) is 44.1 Å². The lowest BCUT2D eigenvalue weighted by atomic mass is 10.0. The fourth-order valence-corrected chi connectivity index (χ4v) is 3.38. The molecular formula is C20H21N5O3. The smallest absolute Gasteiger partial charge is 0.250 e. The molecule has 8 heteroatoms. The van der Waals surface area contributed by atoms with E-state index in [2.05, 4.69) is 15.1 Å². The highest BCUT2D eigenvalue weighted by Gasteiger charge is 2.21. The van der Waals surface area contributed by atoms with Crippen molar-refractivity contribution in [3.63, 3.8) is 0 Å². The molecule has 4 rings (SSSR count). The molecule has 1 aliphatic heterocycles. The molecule has 0 unspecified atom stereocenters. The molecule has 3 aromatic heterocycles. The van der Waals surface area contributed by atoms with Gasteiger partial charge in [0.15, 0.2) is 0 Å². The first kappa shape index (κ1) is 18.1. The molecule has 4 heterocycles. The number of pyridine rings is 2. The van der Waals surface area contributed by atoms with Crippen LogP contribution in [0, 0.1) is 0 Å². The minimum atomic E-state index is -0.00998. The molecule has 1 aliphatic rings. The van der Waals surface area contributed by atoms with Crippen molar-refractivity contribution in [1.82, 2.24) is 24.6 Å². The van der Waals surface area contributed by atoms with Gasteiger partial charge in [-0.25, -0.2) is 0 Å². The van der Waals surface area contributed by atoms with E-state index in [9.17, 15) is 9.59 Å². The summed E-state index contributed by atoms with van der Waals surface area (Å²) in [5.41, 5.74) is 2.92. The van der Waals surface area contributed by atoms with E-state index in [1.165, 1.54) is 0 Å². The zero-order chi connectivity index (χ0) is 19.5. The second-order valence-electron chi connectivity index (χ2n) is 6.94. The fraction of sp³-hybridized carbons (Fsp3) is 0.350. The van der Waals surface area contributed by atoms with Gasteiger partial charge in [0.1, 0.15) is 0 Å². The van der Waals surface area contributed by atoms with Crippen molar-refractivity contribution >= 4 is 5.91 Å². The van der Waals surface area contributed by atoms with Crippen molar-refractivity contribution in [1.29, 1.82) is 0 Å². The maximum Gasteiger partial charge on any atom is 0.250 e. The molecule has 3 aromatic rings. The first-order valence-electron chi connectivity index (χ1n) is 9.29. The van der Waals surface area contributed by atoms with Crippen molar-refractivity contribution in [3.05, 3.63) is 64.2 Å². The monoisotopic (exact) mass is 379 g/mol. The average Bonchev–Trinajstić information content (AvgIpc) is 3.18. The van der Waals surface area contributed by atoms with E-state index in [-0.39, 0.29) is 11.5 Å².